The molecule has 1 aliphatic carbocycles. The molecule has 5 heteroatoms. The molecule has 0 unspecified atom stereocenters. The van der Waals surface area contributed by atoms with E-state index in [1.165, 1.54) is 0 Å². The summed E-state index contributed by atoms with van der Waals surface area (Å²) in [6.07, 6.45) is 5.99. The number of aliphatic hydroxyl groups is 1. The van der Waals surface area contributed by atoms with Crippen molar-refractivity contribution in [2.45, 2.75) is 37.1 Å². The van der Waals surface area contributed by atoms with Gasteiger partial charge in [-0.2, -0.15) is 0 Å². The Balaban J connectivity index is 1.77. The van der Waals surface area contributed by atoms with Gasteiger partial charge in [0.15, 0.2) is 5.79 Å². The molecule has 0 atom stereocenters. The van der Waals surface area contributed by atoms with Gasteiger partial charge in [0.1, 0.15) is 5.75 Å². The first-order valence-corrected chi connectivity index (χ1v) is 6.66. The largest absolute Gasteiger partial charge is 0.495 e. The molecule has 1 saturated carbocycles. The van der Waals surface area contributed by atoms with Crippen molar-refractivity contribution in [1.82, 2.24) is 4.98 Å². The van der Waals surface area contributed by atoms with Gasteiger partial charge in [-0.1, -0.05) is 0 Å². The molecule has 104 valence electrons. The zero-order valence-electron chi connectivity index (χ0n) is 11.1. The van der Waals surface area contributed by atoms with E-state index < -0.39 is 11.4 Å². The second kappa shape index (κ2) is 4.74. The monoisotopic (exact) mass is 265 g/mol. The highest BCUT2D eigenvalue weighted by molar-refractivity contribution is 5.28. The number of hydrogen-bond donors (Lipinski definition) is 1. The molecule has 0 aromatic carbocycles. The number of methoxy groups -OCH3 is 1. The van der Waals surface area contributed by atoms with E-state index in [-0.39, 0.29) is 0 Å². The minimum atomic E-state index is -0.859. The van der Waals surface area contributed by atoms with Gasteiger partial charge in [-0.25, -0.2) is 0 Å². The van der Waals surface area contributed by atoms with E-state index in [0.29, 0.717) is 44.6 Å². The van der Waals surface area contributed by atoms with E-state index in [0.717, 1.165) is 5.56 Å². The Hall–Kier alpha value is -1.17. The van der Waals surface area contributed by atoms with Crippen LogP contribution in [0, 0.1) is 0 Å². The molecule has 0 amide bonds. The lowest BCUT2D eigenvalue weighted by molar-refractivity contribution is -0.204. The number of aromatic nitrogens is 1. The Morgan fingerprint density at radius 1 is 1.16 bits per heavy atom. The lowest BCUT2D eigenvalue weighted by Crippen LogP contribution is -2.42. The second-order valence-corrected chi connectivity index (χ2v) is 5.25. The zero-order valence-corrected chi connectivity index (χ0v) is 11.1. The summed E-state index contributed by atoms with van der Waals surface area (Å²) in [5, 5.41) is 10.8. The standard InChI is InChI=1S/C14H19NO4/c1-17-12-8-11(9-15-10-12)13(16)2-4-14(5-3-13)18-6-7-19-14/h8-10,16H,2-7H2,1H3. The molecule has 0 radical (unpaired) electrons. The molecule has 1 aromatic rings. The van der Waals surface area contributed by atoms with E-state index in [1.807, 2.05) is 6.07 Å². The van der Waals surface area contributed by atoms with Gasteiger partial charge in [0.2, 0.25) is 0 Å². The summed E-state index contributed by atoms with van der Waals surface area (Å²) in [6.45, 7) is 1.30. The smallest absolute Gasteiger partial charge is 0.168 e. The first kappa shape index (κ1) is 12.8. The molecule has 1 N–H and O–H groups in total. The van der Waals surface area contributed by atoms with Gasteiger partial charge in [-0.15, -0.1) is 0 Å². The number of ether oxygens (including phenoxy) is 3. The molecule has 2 heterocycles. The molecule has 1 aliphatic heterocycles. The first-order chi connectivity index (χ1) is 9.16. The molecule has 1 aromatic heterocycles. The van der Waals surface area contributed by atoms with Crippen molar-refractivity contribution in [2.75, 3.05) is 20.3 Å². The molecule has 1 spiro atoms. The maximum Gasteiger partial charge on any atom is 0.168 e. The number of hydrogen-bond acceptors (Lipinski definition) is 5. The number of nitrogens with zero attached hydrogens (tertiary/aromatic N) is 1. The average Bonchev–Trinajstić information content (AvgIpc) is 2.92. The molecule has 3 rings (SSSR count). The van der Waals surface area contributed by atoms with E-state index >= 15 is 0 Å². The fourth-order valence-electron chi connectivity index (χ4n) is 2.90. The summed E-state index contributed by atoms with van der Waals surface area (Å²) in [5.74, 6) is 0.206. The van der Waals surface area contributed by atoms with Crippen LogP contribution in [0.1, 0.15) is 31.2 Å². The van der Waals surface area contributed by atoms with Gasteiger partial charge in [0.05, 0.1) is 32.1 Å². The van der Waals surface area contributed by atoms with Crippen LogP contribution < -0.4 is 4.74 Å². The predicted molar refractivity (Wildman–Crippen MR) is 67.8 cm³/mol. The molecule has 2 fully saturated rings. The average molecular weight is 265 g/mol. The van der Waals surface area contributed by atoms with Crippen LogP contribution in [-0.2, 0) is 15.1 Å². The third kappa shape index (κ3) is 2.33. The Morgan fingerprint density at radius 2 is 1.84 bits per heavy atom. The van der Waals surface area contributed by atoms with E-state index in [1.54, 1.807) is 19.5 Å². The summed E-state index contributed by atoms with van der Waals surface area (Å²) >= 11 is 0. The van der Waals surface area contributed by atoms with Gasteiger partial charge >= 0.3 is 0 Å². The minimum absolute atomic E-state index is 0.460. The van der Waals surface area contributed by atoms with Crippen molar-refractivity contribution in [3.63, 3.8) is 0 Å². The summed E-state index contributed by atoms with van der Waals surface area (Å²) in [6, 6.07) is 1.85. The van der Waals surface area contributed by atoms with Crippen LogP contribution in [-0.4, -0.2) is 36.2 Å². The number of pyridine rings is 1. The summed E-state index contributed by atoms with van der Waals surface area (Å²) in [4.78, 5) is 4.12. The Morgan fingerprint density at radius 3 is 2.47 bits per heavy atom. The summed E-state index contributed by atoms with van der Waals surface area (Å²) in [5.41, 5.74) is -0.0538. The Labute approximate surface area is 112 Å². The van der Waals surface area contributed by atoms with E-state index in [9.17, 15) is 5.11 Å². The fourth-order valence-corrected chi connectivity index (χ4v) is 2.90. The number of rotatable bonds is 2. The van der Waals surface area contributed by atoms with Crippen molar-refractivity contribution in [3.8, 4) is 5.75 Å². The van der Waals surface area contributed by atoms with Crippen molar-refractivity contribution in [2.24, 2.45) is 0 Å². The van der Waals surface area contributed by atoms with Crippen LogP contribution in [0.5, 0.6) is 5.75 Å². The van der Waals surface area contributed by atoms with Crippen molar-refractivity contribution in [1.29, 1.82) is 0 Å². The Kier molecular flexibility index (Phi) is 3.20. The highest BCUT2D eigenvalue weighted by Crippen LogP contribution is 2.45. The highest BCUT2D eigenvalue weighted by atomic mass is 16.7. The minimum Gasteiger partial charge on any atom is -0.495 e. The third-order valence-electron chi connectivity index (χ3n) is 4.14. The lowest BCUT2D eigenvalue weighted by atomic mass is 9.77. The molecule has 5 nitrogen and oxygen atoms in total. The van der Waals surface area contributed by atoms with E-state index in [4.69, 9.17) is 14.2 Å². The van der Waals surface area contributed by atoms with Crippen LogP contribution in [0.3, 0.4) is 0 Å². The first-order valence-electron chi connectivity index (χ1n) is 6.66. The normalized spacial score (nSPS) is 24.5. The molecule has 19 heavy (non-hydrogen) atoms. The van der Waals surface area contributed by atoms with Crippen LogP contribution in [0.4, 0.5) is 0 Å². The fraction of sp³-hybridized carbons (Fsp3) is 0.643. The van der Waals surface area contributed by atoms with Crippen LogP contribution in [0.2, 0.25) is 0 Å². The van der Waals surface area contributed by atoms with Crippen LogP contribution in [0.15, 0.2) is 18.5 Å². The zero-order chi connectivity index (χ0) is 13.3. The van der Waals surface area contributed by atoms with Gasteiger partial charge in [0, 0.05) is 24.6 Å². The van der Waals surface area contributed by atoms with Gasteiger partial charge < -0.3 is 19.3 Å². The molecule has 0 bridgehead atoms. The highest BCUT2D eigenvalue weighted by Gasteiger charge is 2.46. The maximum atomic E-state index is 10.8. The molecular formula is C14H19NO4. The van der Waals surface area contributed by atoms with Gasteiger partial charge in [0.25, 0.3) is 0 Å². The van der Waals surface area contributed by atoms with Crippen LogP contribution in [0.25, 0.3) is 0 Å². The van der Waals surface area contributed by atoms with E-state index in [2.05, 4.69) is 4.98 Å². The van der Waals surface area contributed by atoms with Gasteiger partial charge in [-0.3, -0.25) is 4.98 Å². The maximum absolute atomic E-state index is 10.8. The molecule has 1 saturated heterocycles. The quantitative estimate of drug-likeness (QED) is 0.880. The molecule has 2 aliphatic rings. The van der Waals surface area contributed by atoms with Crippen molar-refractivity contribution < 1.29 is 19.3 Å². The van der Waals surface area contributed by atoms with Gasteiger partial charge in [-0.05, 0) is 18.9 Å². The Bertz CT molecular complexity index is 447. The van der Waals surface area contributed by atoms with Crippen molar-refractivity contribution in [3.05, 3.63) is 24.0 Å². The summed E-state index contributed by atoms with van der Waals surface area (Å²) in [7, 11) is 1.60. The van der Waals surface area contributed by atoms with Crippen LogP contribution >= 0.6 is 0 Å². The molecular weight excluding hydrogens is 246 g/mol. The predicted octanol–water partition coefficient (Wildman–Crippen LogP) is 1.59. The topological polar surface area (TPSA) is 60.8 Å². The second-order valence-electron chi connectivity index (χ2n) is 5.25. The SMILES string of the molecule is COc1cncc(C2(O)CCC3(CC2)OCCO3)c1. The third-order valence-corrected chi connectivity index (χ3v) is 4.14. The summed E-state index contributed by atoms with van der Waals surface area (Å²) < 4.78 is 16.5. The van der Waals surface area contributed by atoms with Crippen molar-refractivity contribution >= 4 is 0 Å². The lowest BCUT2D eigenvalue weighted by Gasteiger charge is -2.40.